The lowest BCUT2D eigenvalue weighted by atomic mass is 10.0. The molecular weight excluding hydrogens is 1040 g/mol. The molecule has 0 amide bonds. The van der Waals surface area contributed by atoms with E-state index in [0.717, 1.165) is 13.0 Å². The third-order valence-electron chi connectivity index (χ3n) is 11.1. The van der Waals surface area contributed by atoms with Crippen LogP contribution in [0.1, 0.15) is 90.4 Å². The summed E-state index contributed by atoms with van der Waals surface area (Å²) in [5.41, 5.74) is 0. The lowest BCUT2D eigenvalue weighted by molar-refractivity contribution is -0.0316. The Bertz CT molecular complexity index is 957. The molecule has 1 N–H and O–H groups in total. The molecule has 0 aromatic heterocycles. The highest BCUT2D eigenvalue weighted by atomic mass is 16.6. The summed E-state index contributed by atoms with van der Waals surface area (Å²) in [6, 6.07) is 0. The highest BCUT2D eigenvalue weighted by molar-refractivity contribution is 4.50. The quantitative estimate of drug-likeness (QED) is 0.0753. The summed E-state index contributed by atoms with van der Waals surface area (Å²) in [6.45, 7) is 23.7. The van der Waals surface area contributed by atoms with Crippen molar-refractivity contribution in [3.63, 3.8) is 0 Å². The van der Waals surface area contributed by atoms with E-state index in [2.05, 4.69) is 6.92 Å². The fourth-order valence-electron chi connectivity index (χ4n) is 6.79. The predicted octanol–water partition coefficient (Wildman–Crippen LogP) is 5.42. The van der Waals surface area contributed by atoms with E-state index in [1.165, 1.54) is 77.0 Å². The van der Waals surface area contributed by atoms with Gasteiger partial charge in [-0.25, -0.2) is 0 Å². The SMILES string of the molecule is CCCCCCCCCCCCCCCOCCOCCOCCOCCOCCOCCOCCOCCOCCOCCOCCOCCOCCOCCOCCOCCOCCOCCOCCOCCOCCO. The minimum absolute atomic E-state index is 0.0197. The van der Waals surface area contributed by atoms with Gasteiger partial charge in [-0.15, -0.1) is 0 Å². The molecule has 0 radical (unpaired) electrons. The lowest BCUT2D eigenvalue weighted by Gasteiger charge is -2.09. The van der Waals surface area contributed by atoms with E-state index in [4.69, 9.17) is 105 Å². The molecule has 0 bridgehead atoms. The highest BCUT2D eigenvalue weighted by Gasteiger charge is 2.01. The van der Waals surface area contributed by atoms with Crippen molar-refractivity contribution < 1.29 is 105 Å². The van der Waals surface area contributed by atoms with Gasteiger partial charge >= 0.3 is 0 Å². The summed E-state index contributed by atoms with van der Waals surface area (Å²) < 4.78 is 115. The van der Waals surface area contributed by atoms with Crippen LogP contribution >= 0.6 is 0 Å². The molecule has 79 heavy (non-hydrogen) atoms. The van der Waals surface area contributed by atoms with Gasteiger partial charge in [-0.05, 0) is 6.42 Å². The van der Waals surface area contributed by atoms with Gasteiger partial charge in [-0.1, -0.05) is 84.0 Å². The van der Waals surface area contributed by atoms with E-state index in [0.29, 0.717) is 271 Å². The Hall–Kier alpha value is -0.880. The number of hydrogen-bond acceptors (Lipinski definition) is 22. The van der Waals surface area contributed by atoms with Crippen LogP contribution in [0.3, 0.4) is 0 Å². The van der Waals surface area contributed by atoms with E-state index in [-0.39, 0.29) is 6.61 Å². The minimum atomic E-state index is 0.0197. The van der Waals surface area contributed by atoms with Crippen molar-refractivity contribution >= 4 is 0 Å². The van der Waals surface area contributed by atoms with Crippen molar-refractivity contribution in [2.24, 2.45) is 0 Å². The van der Waals surface area contributed by atoms with Crippen molar-refractivity contribution in [2.45, 2.75) is 90.4 Å². The van der Waals surface area contributed by atoms with Gasteiger partial charge < -0.3 is 105 Å². The fourth-order valence-corrected chi connectivity index (χ4v) is 6.79. The van der Waals surface area contributed by atoms with Crippen molar-refractivity contribution in [3.8, 4) is 0 Å². The number of aliphatic hydroxyl groups excluding tert-OH is 1. The van der Waals surface area contributed by atoms with Crippen LogP contribution in [0.2, 0.25) is 0 Å². The third kappa shape index (κ3) is 77.1. The van der Waals surface area contributed by atoms with Crippen molar-refractivity contribution in [3.05, 3.63) is 0 Å². The third-order valence-corrected chi connectivity index (χ3v) is 11.1. The zero-order chi connectivity index (χ0) is 56.4. The molecule has 22 nitrogen and oxygen atoms in total. The van der Waals surface area contributed by atoms with Gasteiger partial charge in [0.25, 0.3) is 0 Å². The largest absolute Gasteiger partial charge is 0.394 e. The van der Waals surface area contributed by atoms with Gasteiger partial charge in [0.05, 0.1) is 277 Å². The molecule has 0 heterocycles. The second-order valence-electron chi connectivity index (χ2n) is 17.8. The van der Waals surface area contributed by atoms with Gasteiger partial charge in [0.1, 0.15) is 0 Å². The Balaban J connectivity index is 3.08. The number of rotatable bonds is 76. The van der Waals surface area contributed by atoms with E-state index in [9.17, 15) is 0 Å². The van der Waals surface area contributed by atoms with Gasteiger partial charge in [0, 0.05) is 6.61 Å². The Labute approximate surface area is 477 Å². The first kappa shape index (κ1) is 78.1. The summed E-state index contributed by atoms with van der Waals surface area (Å²) in [4.78, 5) is 0. The average molecular weight is 1150 g/mol. The Morgan fingerprint density at radius 2 is 0.253 bits per heavy atom. The maximum atomic E-state index is 8.61. The van der Waals surface area contributed by atoms with Crippen LogP contribution in [-0.4, -0.2) is 289 Å². The van der Waals surface area contributed by atoms with Gasteiger partial charge in [0.15, 0.2) is 0 Å². The summed E-state index contributed by atoms with van der Waals surface area (Å²) >= 11 is 0. The first-order valence-electron chi connectivity index (χ1n) is 30.1. The van der Waals surface area contributed by atoms with Gasteiger partial charge in [0.2, 0.25) is 0 Å². The first-order chi connectivity index (χ1) is 39.4. The fraction of sp³-hybridized carbons (Fsp3) is 1.00. The molecule has 0 aromatic rings. The van der Waals surface area contributed by atoms with Crippen LogP contribution in [0, 0.1) is 0 Å². The van der Waals surface area contributed by atoms with E-state index in [1.807, 2.05) is 0 Å². The highest BCUT2D eigenvalue weighted by Crippen LogP contribution is 2.12. The molecule has 0 aliphatic heterocycles. The molecule has 0 unspecified atom stereocenters. The van der Waals surface area contributed by atoms with E-state index >= 15 is 0 Å². The molecule has 0 saturated heterocycles. The predicted molar refractivity (Wildman–Crippen MR) is 300 cm³/mol. The Kier molecular flexibility index (Phi) is 76.3. The topological polar surface area (TPSA) is 214 Å². The van der Waals surface area contributed by atoms with Crippen molar-refractivity contribution in [1.29, 1.82) is 0 Å². The number of ether oxygens (including phenoxy) is 21. The molecule has 0 atom stereocenters. The number of hydrogen-bond donors (Lipinski definition) is 1. The summed E-state index contributed by atoms with van der Waals surface area (Å²) in [5.74, 6) is 0. The van der Waals surface area contributed by atoms with E-state index in [1.54, 1.807) is 0 Å². The van der Waals surface area contributed by atoms with Crippen molar-refractivity contribution in [2.75, 3.05) is 284 Å². The molecule has 476 valence electrons. The van der Waals surface area contributed by atoms with Gasteiger partial charge in [-0.2, -0.15) is 0 Å². The van der Waals surface area contributed by atoms with Crippen LogP contribution in [0.25, 0.3) is 0 Å². The molecule has 0 aliphatic carbocycles. The number of unbranched alkanes of at least 4 members (excludes halogenated alkanes) is 12. The molecule has 0 fully saturated rings. The van der Waals surface area contributed by atoms with Crippen LogP contribution in [0.15, 0.2) is 0 Å². The maximum Gasteiger partial charge on any atom is 0.0701 e. The van der Waals surface area contributed by atoms with Gasteiger partial charge in [-0.3, -0.25) is 0 Å². The summed E-state index contributed by atoms with van der Waals surface area (Å²) in [7, 11) is 0. The molecule has 0 saturated carbocycles. The normalized spacial score (nSPS) is 11.8. The zero-order valence-electron chi connectivity index (χ0n) is 49.6. The molecule has 22 heteroatoms. The second kappa shape index (κ2) is 77.1. The average Bonchev–Trinajstić information content (AvgIpc) is 3.46. The van der Waals surface area contributed by atoms with Crippen LogP contribution in [0.4, 0.5) is 0 Å². The first-order valence-corrected chi connectivity index (χ1v) is 30.1. The minimum Gasteiger partial charge on any atom is -0.394 e. The maximum absolute atomic E-state index is 8.61. The Morgan fingerprint density at radius 3 is 0.392 bits per heavy atom. The number of aliphatic hydroxyl groups is 1. The summed E-state index contributed by atoms with van der Waals surface area (Å²) in [5, 5.41) is 8.61. The lowest BCUT2D eigenvalue weighted by Crippen LogP contribution is -2.16. The van der Waals surface area contributed by atoms with Crippen LogP contribution in [0.5, 0.6) is 0 Å². The monoisotopic (exact) mass is 1150 g/mol. The van der Waals surface area contributed by atoms with Crippen LogP contribution in [-0.2, 0) is 99.5 Å². The van der Waals surface area contributed by atoms with E-state index < -0.39 is 0 Å². The second-order valence-corrected chi connectivity index (χ2v) is 17.8. The molecular formula is C57H116O22. The molecule has 0 rings (SSSR count). The molecule has 0 spiro atoms. The van der Waals surface area contributed by atoms with Crippen molar-refractivity contribution in [1.82, 2.24) is 0 Å². The summed E-state index contributed by atoms with van der Waals surface area (Å²) in [6.07, 6.45) is 17.7. The Morgan fingerprint density at radius 1 is 0.139 bits per heavy atom. The molecule has 0 aliphatic rings. The smallest absolute Gasteiger partial charge is 0.0701 e. The van der Waals surface area contributed by atoms with Crippen LogP contribution < -0.4 is 0 Å². The molecule has 0 aromatic carbocycles. The standard InChI is InChI=1S/C57H116O22/c1-2-3-4-5-6-7-8-9-10-11-12-13-14-16-59-18-20-61-22-24-63-26-28-65-30-32-67-34-36-69-38-40-71-42-44-73-46-48-75-50-52-77-54-56-79-57-55-78-53-51-76-49-47-74-45-43-72-41-39-70-37-35-68-33-31-66-29-27-64-25-23-62-21-19-60-17-15-58/h58H,2-57H2,1H3. The zero-order valence-corrected chi connectivity index (χ0v) is 49.6.